The molecule has 1 saturated carbocycles. The van der Waals surface area contributed by atoms with Crippen LogP contribution in [0, 0.1) is 5.92 Å². The number of thiophene rings is 1. The lowest BCUT2D eigenvalue weighted by Gasteiger charge is -2.22. The molecular formula is C13H18N2O2S. The van der Waals surface area contributed by atoms with Gasteiger partial charge in [-0.2, -0.15) is 11.3 Å². The van der Waals surface area contributed by atoms with Gasteiger partial charge in [0.15, 0.2) is 0 Å². The van der Waals surface area contributed by atoms with Crippen LogP contribution in [0.1, 0.15) is 30.9 Å². The van der Waals surface area contributed by atoms with Crippen molar-refractivity contribution in [2.24, 2.45) is 11.7 Å². The minimum absolute atomic E-state index is 0.0271. The monoisotopic (exact) mass is 266 g/mol. The average molecular weight is 266 g/mol. The number of aliphatic hydroxyl groups is 1. The van der Waals surface area contributed by atoms with Crippen molar-refractivity contribution in [3.05, 3.63) is 22.4 Å². The van der Waals surface area contributed by atoms with Gasteiger partial charge in [0.05, 0.1) is 6.10 Å². The Kier molecular flexibility index (Phi) is 2.92. The predicted octanol–water partition coefficient (Wildman–Crippen LogP) is 1.12. The topological polar surface area (TPSA) is 66.6 Å². The van der Waals surface area contributed by atoms with Crippen LogP contribution in [0.15, 0.2) is 16.8 Å². The normalized spacial score (nSPS) is 32.6. The molecule has 3 atom stereocenters. The zero-order chi connectivity index (χ0) is 12.8. The fraction of sp³-hybridized carbons (Fsp3) is 0.615. The second-order valence-corrected chi connectivity index (χ2v) is 6.13. The Morgan fingerprint density at radius 1 is 1.56 bits per heavy atom. The van der Waals surface area contributed by atoms with E-state index in [4.69, 9.17) is 5.73 Å². The number of nitrogens with zero attached hydrogens (tertiary/aromatic N) is 1. The van der Waals surface area contributed by atoms with E-state index in [-0.39, 0.29) is 11.8 Å². The maximum absolute atomic E-state index is 12.3. The highest BCUT2D eigenvalue weighted by molar-refractivity contribution is 7.07. The number of amides is 1. The van der Waals surface area contributed by atoms with Crippen molar-refractivity contribution in [3.8, 4) is 0 Å². The van der Waals surface area contributed by atoms with E-state index < -0.39 is 11.6 Å². The summed E-state index contributed by atoms with van der Waals surface area (Å²) in [5.74, 6) is -0.0977. The van der Waals surface area contributed by atoms with Crippen molar-refractivity contribution < 1.29 is 9.90 Å². The molecule has 4 nitrogen and oxygen atoms in total. The van der Waals surface area contributed by atoms with E-state index in [2.05, 4.69) is 0 Å². The highest BCUT2D eigenvalue weighted by Gasteiger charge is 2.61. The van der Waals surface area contributed by atoms with Gasteiger partial charge in [-0.25, -0.2) is 0 Å². The number of hydrogen-bond donors (Lipinski definition) is 2. The molecule has 2 fully saturated rings. The standard InChI is InChI=1S/C13H18N2O2S/c14-13(12(17)15-4-1-2-5-15)7-10(13)11(16)9-3-6-18-8-9/h3,6,8,10-11,16H,1-2,4-5,7,14H2/t10?,11-,13-/m0/s1. The van der Waals surface area contributed by atoms with Crippen LogP contribution in [0.2, 0.25) is 0 Å². The van der Waals surface area contributed by atoms with Gasteiger partial charge in [-0.05, 0) is 41.7 Å². The second kappa shape index (κ2) is 4.33. The van der Waals surface area contributed by atoms with Gasteiger partial charge >= 0.3 is 0 Å². The predicted molar refractivity (Wildman–Crippen MR) is 70.1 cm³/mol. The number of rotatable bonds is 3. The van der Waals surface area contributed by atoms with Gasteiger partial charge in [-0.1, -0.05) is 0 Å². The number of nitrogens with two attached hydrogens (primary N) is 1. The molecule has 1 aliphatic heterocycles. The summed E-state index contributed by atoms with van der Waals surface area (Å²) in [7, 11) is 0. The molecule has 3 rings (SSSR count). The molecule has 1 aromatic rings. The molecule has 1 saturated heterocycles. The third kappa shape index (κ3) is 1.86. The van der Waals surface area contributed by atoms with Crippen LogP contribution in [-0.4, -0.2) is 34.5 Å². The summed E-state index contributed by atoms with van der Waals surface area (Å²) in [5, 5.41) is 14.1. The zero-order valence-electron chi connectivity index (χ0n) is 10.2. The third-order valence-corrected chi connectivity index (χ3v) is 4.82. The van der Waals surface area contributed by atoms with Crippen LogP contribution in [0.25, 0.3) is 0 Å². The molecule has 3 N–H and O–H groups in total. The fourth-order valence-corrected chi connectivity index (χ4v) is 3.52. The smallest absolute Gasteiger partial charge is 0.243 e. The molecule has 2 heterocycles. The highest BCUT2D eigenvalue weighted by Crippen LogP contribution is 2.50. The largest absolute Gasteiger partial charge is 0.388 e. The van der Waals surface area contributed by atoms with E-state index in [1.165, 1.54) is 0 Å². The molecule has 0 radical (unpaired) electrons. The SMILES string of the molecule is N[C@@]1(C(=O)N2CCCC2)CC1[C@@H](O)c1ccsc1. The second-order valence-electron chi connectivity index (χ2n) is 5.35. The number of carbonyl (C=O) groups excluding carboxylic acids is 1. The Morgan fingerprint density at radius 2 is 2.28 bits per heavy atom. The number of aliphatic hydroxyl groups excluding tert-OH is 1. The van der Waals surface area contributed by atoms with Crippen molar-refractivity contribution >= 4 is 17.2 Å². The molecule has 98 valence electrons. The van der Waals surface area contributed by atoms with Gasteiger partial charge in [-0.15, -0.1) is 0 Å². The molecule has 0 spiro atoms. The Bertz CT molecular complexity index is 442. The molecule has 0 aromatic carbocycles. The van der Waals surface area contributed by atoms with Crippen LogP contribution >= 0.6 is 11.3 Å². The van der Waals surface area contributed by atoms with Gasteiger partial charge in [0.1, 0.15) is 5.54 Å². The fourth-order valence-electron chi connectivity index (χ4n) is 2.83. The molecule has 18 heavy (non-hydrogen) atoms. The van der Waals surface area contributed by atoms with Crippen molar-refractivity contribution in [1.29, 1.82) is 0 Å². The lowest BCUT2D eigenvalue weighted by molar-refractivity contribution is -0.133. The van der Waals surface area contributed by atoms with E-state index >= 15 is 0 Å². The van der Waals surface area contributed by atoms with Crippen molar-refractivity contribution in [2.75, 3.05) is 13.1 Å². The maximum Gasteiger partial charge on any atom is 0.243 e. The summed E-state index contributed by atoms with van der Waals surface area (Å²) in [6.45, 7) is 1.64. The lowest BCUT2D eigenvalue weighted by Crippen LogP contribution is -2.46. The molecule has 1 unspecified atom stereocenters. The summed E-state index contributed by atoms with van der Waals surface area (Å²) in [4.78, 5) is 14.2. The summed E-state index contributed by atoms with van der Waals surface area (Å²) in [5.41, 5.74) is 6.23. The van der Waals surface area contributed by atoms with Crippen LogP contribution in [0.3, 0.4) is 0 Å². The highest BCUT2D eigenvalue weighted by atomic mass is 32.1. The van der Waals surface area contributed by atoms with Gasteiger partial charge in [0.25, 0.3) is 0 Å². The van der Waals surface area contributed by atoms with Crippen molar-refractivity contribution in [2.45, 2.75) is 30.9 Å². The zero-order valence-corrected chi connectivity index (χ0v) is 11.0. The summed E-state index contributed by atoms with van der Waals surface area (Å²) < 4.78 is 0. The van der Waals surface area contributed by atoms with Crippen LogP contribution in [0.4, 0.5) is 0 Å². The summed E-state index contributed by atoms with van der Waals surface area (Å²) in [6, 6.07) is 1.90. The first-order valence-corrected chi connectivity index (χ1v) is 7.35. The maximum atomic E-state index is 12.3. The number of hydrogen-bond acceptors (Lipinski definition) is 4. The lowest BCUT2D eigenvalue weighted by atomic mass is 10.0. The number of likely N-dealkylation sites (tertiary alicyclic amines) is 1. The van der Waals surface area contributed by atoms with E-state index in [0.29, 0.717) is 6.42 Å². The first-order chi connectivity index (χ1) is 8.63. The van der Waals surface area contributed by atoms with E-state index in [9.17, 15) is 9.90 Å². The van der Waals surface area contributed by atoms with E-state index in [1.807, 2.05) is 21.7 Å². The Balaban J connectivity index is 1.69. The minimum atomic E-state index is -0.828. The summed E-state index contributed by atoms with van der Waals surface area (Å²) >= 11 is 1.55. The minimum Gasteiger partial charge on any atom is -0.388 e. The van der Waals surface area contributed by atoms with E-state index in [0.717, 1.165) is 31.5 Å². The van der Waals surface area contributed by atoms with Crippen molar-refractivity contribution in [3.63, 3.8) is 0 Å². The average Bonchev–Trinajstić information content (AvgIpc) is 2.90. The third-order valence-electron chi connectivity index (χ3n) is 4.12. The first kappa shape index (κ1) is 12.1. The number of carbonyl (C=O) groups is 1. The Labute approximate surface area is 110 Å². The Hall–Kier alpha value is -0.910. The van der Waals surface area contributed by atoms with E-state index in [1.54, 1.807) is 11.3 Å². The Morgan fingerprint density at radius 3 is 2.89 bits per heavy atom. The molecule has 2 aliphatic rings. The quantitative estimate of drug-likeness (QED) is 0.861. The molecule has 1 aromatic heterocycles. The van der Waals surface area contributed by atoms with Gasteiger partial charge < -0.3 is 15.7 Å². The summed E-state index contributed by atoms with van der Waals surface area (Å²) in [6.07, 6.45) is 2.13. The van der Waals surface area contributed by atoms with Crippen LogP contribution < -0.4 is 5.73 Å². The van der Waals surface area contributed by atoms with Crippen molar-refractivity contribution in [1.82, 2.24) is 4.90 Å². The van der Waals surface area contributed by atoms with Gasteiger partial charge in [-0.3, -0.25) is 4.79 Å². The van der Waals surface area contributed by atoms with Crippen LogP contribution in [0.5, 0.6) is 0 Å². The molecule has 0 bridgehead atoms. The first-order valence-electron chi connectivity index (χ1n) is 6.41. The molecular weight excluding hydrogens is 248 g/mol. The molecule has 5 heteroatoms. The molecule has 1 amide bonds. The van der Waals surface area contributed by atoms with Crippen LogP contribution in [-0.2, 0) is 4.79 Å². The van der Waals surface area contributed by atoms with Gasteiger partial charge in [0.2, 0.25) is 5.91 Å². The van der Waals surface area contributed by atoms with Gasteiger partial charge in [0, 0.05) is 19.0 Å². The molecule has 1 aliphatic carbocycles.